The highest BCUT2D eigenvalue weighted by atomic mass is 35.5. The minimum Gasteiger partial charge on any atom is -0.294 e. The van der Waals surface area contributed by atoms with E-state index in [0.717, 1.165) is 5.56 Å². The Balaban J connectivity index is 2.54. The van der Waals surface area contributed by atoms with Crippen molar-refractivity contribution in [2.45, 2.75) is 12.8 Å². The second kappa shape index (κ2) is 4.94. The first-order valence-corrected chi connectivity index (χ1v) is 4.14. The van der Waals surface area contributed by atoms with Crippen molar-refractivity contribution in [2.75, 3.05) is 0 Å². The van der Waals surface area contributed by atoms with Crippen molar-refractivity contribution in [3.8, 4) is 0 Å². The molecule has 1 aromatic carbocycles. The maximum atomic E-state index is 11.3. The third-order valence-electron chi connectivity index (χ3n) is 1.54. The summed E-state index contributed by atoms with van der Waals surface area (Å²) in [4.78, 5) is 11.3. The number of halogens is 1. The molecule has 1 rings (SSSR count). The van der Waals surface area contributed by atoms with E-state index in [0.29, 0.717) is 12.8 Å². The third-order valence-corrected chi connectivity index (χ3v) is 1.73. The molecule has 0 bridgehead atoms. The van der Waals surface area contributed by atoms with Gasteiger partial charge in [-0.1, -0.05) is 30.3 Å². The number of benzene rings is 1. The van der Waals surface area contributed by atoms with Gasteiger partial charge in [0.1, 0.15) is 0 Å². The molecule has 0 atom stereocenters. The van der Waals surface area contributed by atoms with Gasteiger partial charge in [0.25, 0.3) is 0 Å². The lowest BCUT2D eigenvalue weighted by Gasteiger charge is -1.97. The van der Waals surface area contributed by atoms with Crippen LogP contribution in [-0.2, 0) is 0 Å². The van der Waals surface area contributed by atoms with Crippen molar-refractivity contribution >= 4 is 17.4 Å². The molecule has 0 heterocycles. The fourth-order valence-electron chi connectivity index (χ4n) is 0.929. The molecule has 0 saturated carbocycles. The number of rotatable bonds is 4. The van der Waals surface area contributed by atoms with Crippen LogP contribution in [0.4, 0.5) is 0 Å². The first kappa shape index (κ1) is 9.27. The first-order chi connectivity index (χ1) is 5.84. The summed E-state index contributed by atoms with van der Waals surface area (Å²) in [6.45, 7) is 0. The summed E-state index contributed by atoms with van der Waals surface area (Å²) in [6.07, 6.45) is 0.947. The Morgan fingerprint density at radius 1 is 1.33 bits per heavy atom. The van der Waals surface area contributed by atoms with Crippen LogP contribution in [0.5, 0.6) is 0 Å². The number of hydrogen-bond acceptors (Lipinski definition) is 1. The smallest absolute Gasteiger partial charge is 0.162 e. The van der Waals surface area contributed by atoms with Gasteiger partial charge in [-0.3, -0.25) is 4.79 Å². The molecule has 0 aliphatic heterocycles. The molecule has 0 aliphatic carbocycles. The van der Waals surface area contributed by atoms with Crippen LogP contribution in [0, 0.1) is 5.88 Å². The van der Waals surface area contributed by atoms with Gasteiger partial charge in [0.05, 0.1) is 5.88 Å². The summed E-state index contributed by atoms with van der Waals surface area (Å²) >= 11 is 5.23. The van der Waals surface area contributed by atoms with Crippen LogP contribution < -0.4 is 0 Å². The largest absolute Gasteiger partial charge is 0.294 e. The highest BCUT2D eigenvalue weighted by Crippen LogP contribution is 2.06. The fourth-order valence-corrected chi connectivity index (χ4v) is 1.02. The van der Waals surface area contributed by atoms with E-state index < -0.39 is 0 Å². The first-order valence-electron chi connectivity index (χ1n) is 3.76. The second-order valence-corrected chi connectivity index (χ2v) is 2.69. The number of carbonyl (C=O) groups is 1. The Labute approximate surface area is 77.4 Å². The van der Waals surface area contributed by atoms with E-state index in [9.17, 15) is 4.79 Å². The van der Waals surface area contributed by atoms with Gasteiger partial charge in [-0.25, -0.2) is 0 Å². The Bertz CT molecular complexity index is 243. The highest BCUT2D eigenvalue weighted by Gasteiger charge is 2.03. The molecule has 2 heteroatoms. The molecule has 0 unspecified atom stereocenters. The topological polar surface area (TPSA) is 17.1 Å². The molecule has 0 saturated heterocycles. The summed E-state index contributed by atoms with van der Waals surface area (Å²) in [5, 5.41) is 0. The second-order valence-electron chi connectivity index (χ2n) is 2.42. The molecule has 1 nitrogen and oxygen atoms in total. The van der Waals surface area contributed by atoms with Crippen molar-refractivity contribution in [3.63, 3.8) is 0 Å². The lowest BCUT2D eigenvalue weighted by atomic mass is 10.1. The third kappa shape index (κ3) is 2.67. The van der Waals surface area contributed by atoms with Crippen LogP contribution in [0.15, 0.2) is 30.3 Å². The van der Waals surface area contributed by atoms with Crippen molar-refractivity contribution in [1.82, 2.24) is 0 Å². The van der Waals surface area contributed by atoms with E-state index in [-0.39, 0.29) is 5.78 Å². The summed E-state index contributed by atoms with van der Waals surface area (Å²) < 4.78 is 0. The predicted molar refractivity (Wildman–Crippen MR) is 49.1 cm³/mol. The fraction of sp³-hybridized carbons (Fsp3) is 0.200. The van der Waals surface area contributed by atoms with E-state index in [2.05, 4.69) is 5.88 Å². The average Bonchev–Trinajstić information content (AvgIpc) is 2.15. The maximum Gasteiger partial charge on any atom is 0.162 e. The molecule has 0 aliphatic rings. The predicted octanol–water partition coefficient (Wildman–Crippen LogP) is 2.93. The van der Waals surface area contributed by atoms with E-state index in [1.54, 1.807) is 12.1 Å². The van der Waals surface area contributed by atoms with Crippen molar-refractivity contribution in [2.24, 2.45) is 0 Å². The molecule has 0 fully saturated rings. The standard InChI is InChI=1S/C10H9ClO/c11-8-4-7-10(12)9-5-2-1-3-6-9/h1-3,5-6H,4,7H2. The average molecular weight is 181 g/mol. The number of ketones is 1. The monoisotopic (exact) mass is 180 g/mol. The maximum absolute atomic E-state index is 11.3. The van der Waals surface area contributed by atoms with Gasteiger partial charge >= 0.3 is 0 Å². The zero-order valence-electron chi connectivity index (χ0n) is 6.59. The molecule has 12 heavy (non-hydrogen) atoms. The lowest BCUT2D eigenvalue weighted by Crippen LogP contribution is -1.97. The normalized spacial score (nSPS) is 9.75. The van der Waals surface area contributed by atoms with Crippen LogP contribution >= 0.6 is 11.6 Å². The van der Waals surface area contributed by atoms with Crippen LogP contribution in [0.1, 0.15) is 23.2 Å². The quantitative estimate of drug-likeness (QED) is 0.652. The van der Waals surface area contributed by atoms with Gasteiger partial charge in [-0.05, 0) is 6.42 Å². The number of hydrogen-bond donors (Lipinski definition) is 0. The van der Waals surface area contributed by atoms with Crippen molar-refractivity contribution in [3.05, 3.63) is 41.8 Å². The summed E-state index contributed by atoms with van der Waals surface area (Å²) in [5.41, 5.74) is 0.740. The molecule has 1 aromatic rings. The molecule has 0 spiro atoms. The van der Waals surface area contributed by atoms with Crippen molar-refractivity contribution < 1.29 is 4.79 Å². The number of Topliss-reactive ketones (excluding diaryl/α,β-unsaturated/α-hetero) is 1. The van der Waals surface area contributed by atoms with Gasteiger partial charge in [-0.15, -0.1) is 11.6 Å². The molecule has 0 N–H and O–H groups in total. The van der Waals surface area contributed by atoms with Crippen LogP contribution in [0.3, 0.4) is 0 Å². The Kier molecular flexibility index (Phi) is 3.81. The Hall–Kier alpha value is -0.820. The van der Waals surface area contributed by atoms with E-state index in [1.807, 2.05) is 18.2 Å². The van der Waals surface area contributed by atoms with E-state index in [1.165, 1.54) is 0 Å². The van der Waals surface area contributed by atoms with Crippen LogP contribution in [0.2, 0.25) is 0 Å². The molecule has 62 valence electrons. The van der Waals surface area contributed by atoms with Gasteiger partial charge in [-0.2, -0.15) is 0 Å². The van der Waals surface area contributed by atoms with Gasteiger partial charge in [0.2, 0.25) is 0 Å². The Morgan fingerprint density at radius 2 is 2.00 bits per heavy atom. The summed E-state index contributed by atoms with van der Waals surface area (Å²) in [6, 6.07) is 9.19. The lowest BCUT2D eigenvalue weighted by molar-refractivity contribution is 0.0983. The Morgan fingerprint density at radius 3 is 2.58 bits per heavy atom. The van der Waals surface area contributed by atoms with Crippen LogP contribution in [-0.4, -0.2) is 5.78 Å². The minimum absolute atomic E-state index is 0.115. The zero-order chi connectivity index (χ0) is 8.81. The van der Waals surface area contributed by atoms with E-state index in [4.69, 9.17) is 11.6 Å². The molecular weight excluding hydrogens is 172 g/mol. The highest BCUT2D eigenvalue weighted by molar-refractivity contribution is 6.23. The molecule has 2 radical (unpaired) electrons. The van der Waals surface area contributed by atoms with Gasteiger partial charge < -0.3 is 0 Å². The molecular formula is C10H9ClO. The van der Waals surface area contributed by atoms with E-state index >= 15 is 0 Å². The van der Waals surface area contributed by atoms with Gasteiger partial charge in [0.15, 0.2) is 5.78 Å². The molecule has 0 aromatic heterocycles. The molecule has 0 amide bonds. The van der Waals surface area contributed by atoms with Crippen LogP contribution in [0.25, 0.3) is 0 Å². The SMILES string of the molecule is O=C(CC[C]Cl)c1ccccc1. The number of carbonyl (C=O) groups excluding carboxylic acids is 1. The summed E-state index contributed by atoms with van der Waals surface area (Å²) in [5.74, 6) is 2.53. The zero-order valence-corrected chi connectivity index (χ0v) is 7.34. The van der Waals surface area contributed by atoms with Gasteiger partial charge in [0, 0.05) is 12.0 Å². The van der Waals surface area contributed by atoms with Crippen molar-refractivity contribution in [1.29, 1.82) is 0 Å². The summed E-state index contributed by atoms with van der Waals surface area (Å²) in [7, 11) is 0. The minimum atomic E-state index is 0.115.